The minimum absolute atomic E-state index is 0.230. The summed E-state index contributed by atoms with van der Waals surface area (Å²) < 4.78 is 5.44. The van der Waals surface area contributed by atoms with Gasteiger partial charge in [0.15, 0.2) is 5.89 Å². The van der Waals surface area contributed by atoms with Gasteiger partial charge >= 0.3 is 0 Å². The molecule has 0 fully saturated rings. The maximum absolute atomic E-state index is 5.44. The minimum atomic E-state index is 0.230. The summed E-state index contributed by atoms with van der Waals surface area (Å²) in [6, 6.07) is 10.4. The molecule has 0 amide bonds. The van der Waals surface area contributed by atoms with Crippen LogP contribution in [-0.4, -0.2) is 12.0 Å². The van der Waals surface area contributed by atoms with Gasteiger partial charge in [0.25, 0.3) is 0 Å². The van der Waals surface area contributed by atoms with Crippen LogP contribution in [0.4, 0.5) is 0 Å². The largest absolute Gasteiger partial charge is 0.448 e. The lowest BCUT2D eigenvalue weighted by Gasteiger charge is -2.03. The van der Waals surface area contributed by atoms with E-state index in [9.17, 15) is 0 Å². The predicted octanol–water partition coefficient (Wildman–Crippen LogP) is 2.55. The lowest BCUT2D eigenvalue weighted by Crippen LogP contribution is -2.12. The van der Waals surface area contributed by atoms with Crippen molar-refractivity contribution >= 4 is 0 Å². The first-order valence-corrected chi connectivity index (χ1v) is 5.45. The first-order valence-electron chi connectivity index (χ1n) is 5.45. The van der Waals surface area contributed by atoms with Gasteiger partial charge in [-0.2, -0.15) is 0 Å². The summed E-state index contributed by atoms with van der Waals surface area (Å²) in [6.45, 7) is 2.06. The molecule has 1 N–H and O–H groups in total. The Labute approximate surface area is 95.5 Å². The molecule has 0 aliphatic heterocycles. The lowest BCUT2D eigenvalue weighted by molar-refractivity contribution is 0.505. The van der Waals surface area contributed by atoms with E-state index in [1.165, 1.54) is 5.56 Å². The summed E-state index contributed by atoms with van der Waals surface area (Å²) in [4.78, 5) is 4.45. The van der Waals surface area contributed by atoms with Crippen LogP contribution >= 0.6 is 0 Å². The molecule has 1 aromatic carbocycles. The molecule has 0 saturated heterocycles. The van der Waals surface area contributed by atoms with Crippen molar-refractivity contribution in [3.8, 4) is 0 Å². The van der Waals surface area contributed by atoms with Gasteiger partial charge in [-0.25, -0.2) is 4.98 Å². The maximum atomic E-state index is 5.44. The second-order valence-corrected chi connectivity index (χ2v) is 3.84. The number of hydrogen-bond donors (Lipinski definition) is 1. The molecule has 3 heteroatoms. The number of nitrogens with zero attached hydrogens (tertiary/aromatic N) is 1. The molecule has 1 heterocycles. The molecule has 1 aromatic heterocycles. The van der Waals surface area contributed by atoms with Crippen LogP contribution in [0.15, 0.2) is 41.0 Å². The van der Waals surface area contributed by atoms with Gasteiger partial charge in [-0.05, 0) is 19.5 Å². The molecule has 0 aliphatic rings. The van der Waals surface area contributed by atoms with Gasteiger partial charge in [0.2, 0.25) is 0 Å². The van der Waals surface area contributed by atoms with Gasteiger partial charge in [-0.15, -0.1) is 0 Å². The Morgan fingerprint density at radius 3 is 2.75 bits per heavy atom. The molecule has 1 atom stereocenters. The van der Waals surface area contributed by atoms with Crippen LogP contribution in [0.1, 0.15) is 30.1 Å². The average molecular weight is 216 g/mol. The summed E-state index contributed by atoms with van der Waals surface area (Å²) in [5.41, 5.74) is 2.17. The van der Waals surface area contributed by atoms with Crippen LogP contribution in [0, 0.1) is 0 Å². The first kappa shape index (κ1) is 10.9. The molecule has 0 aliphatic carbocycles. The standard InChI is InChI=1S/C13H16N2O/c1-10(14-2)12-9-16-13(15-12)8-11-6-4-3-5-7-11/h3-7,9-10,14H,8H2,1-2H3. The molecule has 0 spiro atoms. The third-order valence-corrected chi connectivity index (χ3v) is 2.64. The number of hydrogen-bond acceptors (Lipinski definition) is 3. The van der Waals surface area contributed by atoms with Crippen molar-refractivity contribution in [1.82, 2.24) is 10.3 Å². The van der Waals surface area contributed by atoms with E-state index in [0.717, 1.165) is 18.0 Å². The zero-order valence-corrected chi connectivity index (χ0v) is 9.60. The van der Waals surface area contributed by atoms with Crippen LogP contribution in [0.25, 0.3) is 0 Å². The first-order chi connectivity index (χ1) is 7.79. The molecular formula is C13H16N2O. The SMILES string of the molecule is CNC(C)c1coc(Cc2ccccc2)n1. The van der Waals surface area contributed by atoms with Crippen molar-refractivity contribution in [3.63, 3.8) is 0 Å². The number of oxazole rings is 1. The number of benzene rings is 1. The van der Waals surface area contributed by atoms with Crippen LogP contribution < -0.4 is 5.32 Å². The normalized spacial score (nSPS) is 12.6. The molecule has 2 aromatic rings. The Balaban J connectivity index is 2.09. The summed E-state index contributed by atoms with van der Waals surface area (Å²) in [7, 11) is 1.91. The highest BCUT2D eigenvalue weighted by atomic mass is 16.3. The third kappa shape index (κ3) is 2.49. The number of rotatable bonds is 4. The van der Waals surface area contributed by atoms with Crippen LogP contribution in [0.5, 0.6) is 0 Å². The second kappa shape index (κ2) is 4.94. The van der Waals surface area contributed by atoms with Crippen LogP contribution in [0.2, 0.25) is 0 Å². The Kier molecular flexibility index (Phi) is 3.37. The van der Waals surface area contributed by atoms with E-state index in [4.69, 9.17) is 4.42 Å². The number of nitrogens with one attached hydrogen (secondary N) is 1. The highest BCUT2D eigenvalue weighted by Gasteiger charge is 2.09. The Hall–Kier alpha value is -1.61. The topological polar surface area (TPSA) is 38.1 Å². The van der Waals surface area contributed by atoms with Crippen molar-refractivity contribution in [3.05, 3.63) is 53.7 Å². The molecule has 1 unspecified atom stereocenters. The molecule has 84 valence electrons. The lowest BCUT2D eigenvalue weighted by atomic mass is 10.1. The fourth-order valence-electron chi connectivity index (χ4n) is 1.52. The highest BCUT2D eigenvalue weighted by molar-refractivity contribution is 5.18. The maximum Gasteiger partial charge on any atom is 0.198 e. The van der Waals surface area contributed by atoms with Gasteiger partial charge in [-0.1, -0.05) is 30.3 Å². The smallest absolute Gasteiger partial charge is 0.198 e. The fourth-order valence-corrected chi connectivity index (χ4v) is 1.52. The van der Waals surface area contributed by atoms with E-state index in [1.807, 2.05) is 25.2 Å². The quantitative estimate of drug-likeness (QED) is 0.853. The molecule has 0 bridgehead atoms. The zero-order chi connectivity index (χ0) is 11.4. The van der Waals surface area contributed by atoms with Gasteiger partial charge in [0.1, 0.15) is 6.26 Å². The van der Waals surface area contributed by atoms with Crippen molar-refractivity contribution < 1.29 is 4.42 Å². The van der Waals surface area contributed by atoms with Crippen LogP contribution in [0.3, 0.4) is 0 Å². The molecule has 0 radical (unpaired) electrons. The molecular weight excluding hydrogens is 200 g/mol. The van der Waals surface area contributed by atoms with Crippen molar-refractivity contribution in [2.75, 3.05) is 7.05 Å². The minimum Gasteiger partial charge on any atom is -0.448 e. The van der Waals surface area contributed by atoms with E-state index in [0.29, 0.717) is 0 Å². The summed E-state index contributed by atoms with van der Waals surface area (Å²) >= 11 is 0. The van der Waals surface area contributed by atoms with E-state index in [-0.39, 0.29) is 6.04 Å². The summed E-state index contributed by atoms with van der Waals surface area (Å²) in [5, 5.41) is 3.14. The van der Waals surface area contributed by atoms with E-state index in [2.05, 4.69) is 29.4 Å². The van der Waals surface area contributed by atoms with Crippen molar-refractivity contribution in [2.45, 2.75) is 19.4 Å². The highest BCUT2D eigenvalue weighted by Crippen LogP contribution is 2.14. The molecule has 3 nitrogen and oxygen atoms in total. The molecule has 0 saturated carbocycles. The van der Waals surface area contributed by atoms with E-state index < -0.39 is 0 Å². The Morgan fingerprint density at radius 1 is 1.31 bits per heavy atom. The van der Waals surface area contributed by atoms with Crippen molar-refractivity contribution in [2.24, 2.45) is 0 Å². The predicted molar refractivity (Wildman–Crippen MR) is 63.2 cm³/mol. The van der Waals surface area contributed by atoms with E-state index in [1.54, 1.807) is 6.26 Å². The van der Waals surface area contributed by atoms with E-state index >= 15 is 0 Å². The monoisotopic (exact) mass is 216 g/mol. The Morgan fingerprint density at radius 2 is 2.06 bits per heavy atom. The number of aromatic nitrogens is 1. The fraction of sp³-hybridized carbons (Fsp3) is 0.308. The van der Waals surface area contributed by atoms with Crippen LogP contribution in [-0.2, 0) is 6.42 Å². The molecule has 2 rings (SSSR count). The van der Waals surface area contributed by atoms with Crippen molar-refractivity contribution in [1.29, 1.82) is 0 Å². The third-order valence-electron chi connectivity index (χ3n) is 2.64. The Bertz CT molecular complexity index is 436. The molecule has 16 heavy (non-hydrogen) atoms. The zero-order valence-electron chi connectivity index (χ0n) is 9.60. The van der Waals surface area contributed by atoms with Gasteiger partial charge in [0.05, 0.1) is 5.69 Å². The average Bonchev–Trinajstić information content (AvgIpc) is 2.78. The van der Waals surface area contributed by atoms with Gasteiger partial charge in [0, 0.05) is 12.5 Å². The van der Waals surface area contributed by atoms with Gasteiger partial charge in [-0.3, -0.25) is 0 Å². The summed E-state index contributed by atoms with van der Waals surface area (Å²) in [5.74, 6) is 0.767. The summed E-state index contributed by atoms with van der Waals surface area (Å²) in [6.07, 6.45) is 2.47. The second-order valence-electron chi connectivity index (χ2n) is 3.84. The van der Waals surface area contributed by atoms with Gasteiger partial charge < -0.3 is 9.73 Å².